The van der Waals surface area contributed by atoms with Crippen molar-refractivity contribution in [1.29, 1.82) is 0 Å². The molecule has 1 aliphatic rings. The summed E-state index contributed by atoms with van der Waals surface area (Å²) in [6, 6.07) is 13.5. The Morgan fingerprint density at radius 2 is 1.92 bits per heavy atom. The summed E-state index contributed by atoms with van der Waals surface area (Å²) in [4.78, 5) is 36.6. The molecule has 1 atom stereocenters. The molecule has 2 aromatic rings. The molecule has 3 rings (SSSR count). The molecule has 0 radical (unpaired) electrons. The van der Waals surface area contributed by atoms with Crippen LogP contribution in [0.3, 0.4) is 0 Å². The second kappa shape index (κ2) is 6.87. The highest BCUT2D eigenvalue weighted by molar-refractivity contribution is 6.14. The minimum absolute atomic E-state index is 0.130. The maximum atomic E-state index is 12.3. The number of esters is 1. The Morgan fingerprint density at radius 1 is 1.19 bits per heavy atom. The Balaban J connectivity index is 1.83. The van der Waals surface area contributed by atoms with E-state index < -0.39 is 17.5 Å². The standard InChI is InChI=1S/C19H18N2O5/c1-3-25-18(24)19(2)17(23)21-14-10-9-13(11-15(14)26-19)20-16(22)12-7-5-4-6-8-12/h4-11H,3H2,1-2H3,(H,20,22)(H,21,23)/t19-/m1/s1. The highest BCUT2D eigenvalue weighted by atomic mass is 16.6. The van der Waals surface area contributed by atoms with E-state index in [2.05, 4.69) is 10.6 Å². The highest BCUT2D eigenvalue weighted by Crippen LogP contribution is 2.36. The second-order valence-electron chi connectivity index (χ2n) is 5.84. The van der Waals surface area contributed by atoms with E-state index in [1.807, 2.05) is 6.07 Å². The van der Waals surface area contributed by atoms with Crippen LogP contribution in [0.1, 0.15) is 24.2 Å². The molecule has 2 aromatic carbocycles. The van der Waals surface area contributed by atoms with Gasteiger partial charge in [0.05, 0.1) is 12.3 Å². The number of amides is 2. The van der Waals surface area contributed by atoms with Gasteiger partial charge in [-0.25, -0.2) is 4.79 Å². The van der Waals surface area contributed by atoms with Gasteiger partial charge >= 0.3 is 5.97 Å². The van der Waals surface area contributed by atoms with Gasteiger partial charge in [0.25, 0.3) is 17.4 Å². The number of hydrogen-bond donors (Lipinski definition) is 2. The van der Waals surface area contributed by atoms with E-state index in [4.69, 9.17) is 9.47 Å². The van der Waals surface area contributed by atoms with Crippen LogP contribution in [0.15, 0.2) is 48.5 Å². The zero-order chi connectivity index (χ0) is 18.7. The minimum atomic E-state index is -1.79. The fraction of sp³-hybridized carbons (Fsp3) is 0.211. The molecule has 7 heteroatoms. The summed E-state index contributed by atoms with van der Waals surface area (Å²) in [5.74, 6) is -1.39. The molecule has 1 heterocycles. The van der Waals surface area contributed by atoms with Crippen molar-refractivity contribution in [3.05, 3.63) is 54.1 Å². The smallest absolute Gasteiger partial charge is 0.360 e. The van der Waals surface area contributed by atoms with Gasteiger partial charge in [-0.1, -0.05) is 18.2 Å². The van der Waals surface area contributed by atoms with E-state index in [9.17, 15) is 14.4 Å². The number of benzene rings is 2. The van der Waals surface area contributed by atoms with Crippen molar-refractivity contribution in [3.63, 3.8) is 0 Å². The molecule has 0 saturated heterocycles. The molecule has 0 unspecified atom stereocenters. The van der Waals surface area contributed by atoms with Crippen LogP contribution in [0.4, 0.5) is 11.4 Å². The van der Waals surface area contributed by atoms with Gasteiger partial charge in [0, 0.05) is 17.3 Å². The largest absolute Gasteiger partial charge is 0.464 e. The predicted molar refractivity (Wildman–Crippen MR) is 95.1 cm³/mol. The molecule has 0 spiro atoms. The van der Waals surface area contributed by atoms with Gasteiger partial charge in [0.2, 0.25) is 0 Å². The van der Waals surface area contributed by atoms with Crippen LogP contribution in [0.5, 0.6) is 5.75 Å². The number of ether oxygens (including phenoxy) is 2. The van der Waals surface area contributed by atoms with Gasteiger partial charge in [-0.3, -0.25) is 9.59 Å². The van der Waals surface area contributed by atoms with E-state index in [0.717, 1.165) is 0 Å². The van der Waals surface area contributed by atoms with Crippen LogP contribution in [-0.2, 0) is 14.3 Å². The Hall–Kier alpha value is -3.35. The summed E-state index contributed by atoms with van der Waals surface area (Å²) in [5, 5.41) is 5.38. The molecule has 0 fully saturated rings. The monoisotopic (exact) mass is 354 g/mol. The summed E-state index contributed by atoms with van der Waals surface area (Å²) in [6.45, 7) is 3.12. The van der Waals surface area contributed by atoms with Crippen molar-refractivity contribution in [1.82, 2.24) is 0 Å². The van der Waals surface area contributed by atoms with Crippen molar-refractivity contribution < 1.29 is 23.9 Å². The van der Waals surface area contributed by atoms with Crippen LogP contribution < -0.4 is 15.4 Å². The average Bonchev–Trinajstić information content (AvgIpc) is 2.64. The van der Waals surface area contributed by atoms with Crippen molar-refractivity contribution in [2.75, 3.05) is 17.2 Å². The number of rotatable bonds is 4. The van der Waals surface area contributed by atoms with Crippen LogP contribution in [0.25, 0.3) is 0 Å². The van der Waals surface area contributed by atoms with E-state index in [1.165, 1.54) is 6.92 Å². The Labute approximate surface area is 150 Å². The molecule has 2 N–H and O–H groups in total. The number of nitrogens with one attached hydrogen (secondary N) is 2. The predicted octanol–water partition coefficient (Wildman–Crippen LogP) is 2.59. The topological polar surface area (TPSA) is 93.7 Å². The lowest BCUT2D eigenvalue weighted by atomic mass is 10.0. The number of carbonyl (C=O) groups excluding carboxylic acids is 3. The highest BCUT2D eigenvalue weighted by Gasteiger charge is 2.48. The normalized spacial score (nSPS) is 18.2. The zero-order valence-corrected chi connectivity index (χ0v) is 14.4. The fourth-order valence-corrected chi connectivity index (χ4v) is 2.49. The third-order valence-corrected chi connectivity index (χ3v) is 3.94. The van der Waals surface area contributed by atoms with Crippen molar-refractivity contribution in [3.8, 4) is 5.75 Å². The number of hydrogen-bond acceptors (Lipinski definition) is 5. The molecule has 26 heavy (non-hydrogen) atoms. The molecule has 2 amide bonds. The van der Waals surface area contributed by atoms with Gasteiger partial charge < -0.3 is 20.1 Å². The molecule has 134 valence electrons. The van der Waals surface area contributed by atoms with Crippen LogP contribution in [-0.4, -0.2) is 30.0 Å². The lowest BCUT2D eigenvalue weighted by Crippen LogP contribution is -2.55. The molecular formula is C19H18N2O5. The molecule has 1 aliphatic heterocycles. The van der Waals surface area contributed by atoms with Crippen LogP contribution in [0.2, 0.25) is 0 Å². The van der Waals surface area contributed by atoms with Gasteiger partial charge in [0.1, 0.15) is 5.75 Å². The lowest BCUT2D eigenvalue weighted by molar-refractivity contribution is -0.165. The van der Waals surface area contributed by atoms with Crippen molar-refractivity contribution in [2.24, 2.45) is 0 Å². The first-order valence-electron chi connectivity index (χ1n) is 8.12. The first-order chi connectivity index (χ1) is 12.4. The van der Waals surface area contributed by atoms with E-state index in [1.54, 1.807) is 49.4 Å². The Morgan fingerprint density at radius 3 is 2.62 bits per heavy atom. The van der Waals surface area contributed by atoms with Gasteiger partial charge in [-0.05, 0) is 38.1 Å². The second-order valence-corrected chi connectivity index (χ2v) is 5.84. The van der Waals surface area contributed by atoms with E-state index in [0.29, 0.717) is 16.9 Å². The number of carbonyl (C=O) groups is 3. The molecular weight excluding hydrogens is 336 g/mol. The Bertz CT molecular complexity index is 865. The summed E-state index contributed by atoms with van der Waals surface area (Å²) in [7, 11) is 0. The molecule has 7 nitrogen and oxygen atoms in total. The quantitative estimate of drug-likeness (QED) is 0.650. The SMILES string of the molecule is CCOC(=O)[C@]1(C)Oc2cc(NC(=O)c3ccccc3)ccc2NC1=O. The average molecular weight is 354 g/mol. The third kappa shape index (κ3) is 3.23. The fourth-order valence-electron chi connectivity index (χ4n) is 2.49. The first-order valence-corrected chi connectivity index (χ1v) is 8.12. The van der Waals surface area contributed by atoms with E-state index in [-0.39, 0.29) is 18.3 Å². The summed E-state index contributed by atoms with van der Waals surface area (Å²) in [5.41, 5.74) is -0.393. The Kier molecular flexibility index (Phi) is 4.62. The van der Waals surface area contributed by atoms with Gasteiger partial charge in [-0.2, -0.15) is 0 Å². The summed E-state index contributed by atoms with van der Waals surface area (Å²) in [6.07, 6.45) is 0. The molecule has 0 bridgehead atoms. The van der Waals surface area contributed by atoms with Crippen LogP contribution in [0, 0.1) is 0 Å². The van der Waals surface area contributed by atoms with Gasteiger partial charge in [0.15, 0.2) is 0 Å². The maximum Gasteiger partial charge on any atom is 0.360 e. The maximum absolute atomic E-state index is 12.3. The lowest BCUT2D eigenvalue weighted by Gasteiger charge is -2.32. The molecule has 0 saturated carbocycles. The first kappa shape index (κ1) is 17.5. The number of fused-ring (bicyclic) bond motifs is 1. The number of anilines is 2. The zero-order valence-electron chi connectivity index (χ0n) is 14.4. The summed E-state index contributed by atoms with van der Waals surface area (Å²) >= 11 is 0. The van der Waals surface area contributed by atoms with Crippen LogP contribution >= 0.6 is 0 Å². The van der Waals surface area contributed by atoms with Crippen molar-refractivity contribution >= 4 is 29.2 Å². The van der Waals surface area contributed by atoms with Gasteiger partial charge in [-0.15, -0.1) is 0 Å². The van der Waals surface area contributed by atoms with E-state index >= 15 is 0 Å². The summed E-state index contributed by atoms with van der Waals surface area (Å²) < 4.78 is 10.6. The molecule has 0 aromatic heterocycles. The third-order valence-electron chi connectivity index (χ3n) is 3.94. The van der Waals surface area contributed by atoms with Crippen molar-refractivity contribution in [2.45, 2.75) is 19.4 Å². The minimum Gasteiger partial charge on any atom is -0.464 e. The molecule has 0 aliphatic carbocycles.